The highest BCUT2D eigenvalue weighted by atomic mass is 31.0. The highest BCUT2D eigenvalue weighted by Gasteiger charge is 2.25. The molecule has 0 saturated carbocycles. The summed E-state index contributed by atoms with van der Waals surface area (Å²) in [5, 5.41) is 9.40. The Bertz CT molecular complexity index is 1570. The SMILES string of the molecule is COCCNC(=O)c1ccc2nn(CC3CCN(C(=O)c4ccc(-c5cc(F)cc(P)c5)c(C)c4)CC3)cc2c1C. The number of benzene rings is 3. The van der Waals surface area contributed by atoms with Gasteiger partial charge in [0.25, 0.3) is 11.8 Å². The molecule has 2 amide bonds. The Kier molecular flexibility index (Phi) is 8.81. The Morgan fingerprint density at radius 1 is 1.10 bits per heavy atom. The summed E-state index contributed by atoms with van der Waals surface area (Å²) in [6.07, 6.45) is 3.81. The molecule has 4 aromatic rings. The minimum atomic E-state index is -0.279. The van der Waals surface area contributed by atoms with Crippen molar-refractivity contribution in [3.05, 3.63) is 82.8 Å². The first-order valence-corrected chi connectivity index (χ1v) is 14.5. The standard InChI is InChI=1S/C32H36FN4O3P/c1-20-14-23(4-5-27(20)24-15-25(33)17-26(41)16-24)32(39)36-11-8-22(9-12-36)18-37-19-29-21(2)28(6-7-30(29)35-37)31(38)34-10-13-40-3/h4-7,14-17,19,22H,8-13,18,41H2,1-3H3,(H,34,38). The lowest BCUT2D eigenvalue weighted by molar-refractivity contribution is 0.0681. The van der Waals surface area contributed by atoms with E-state index in [1.807, 2.05) is 66.0 Å². The van der Waals surface area contributed by atoms with E-state index in [1.54, 1.807) is 7.11 Å². The van der Waals surface area contributed by atoms with Gasteiger partial charge < -0.3 is 15.0 Å². The third-order valence-electron chi connectivity index (χ3n) is 7.89. The molecule has 41 heavy (non-hydrogen) atoms. The van der Waals surface area contributed by atoms with Gasteiger partial charge in [-0.05, 0) is 103 Å². The van der Waals surface area contributed by atoms with E-state index < -0.39 is 0 Å². The van der Waals surface area contributed by atoms with Crippen molar-refractivity contribution in [2.75, 3.05) is 33.4 Å². The molecule has 9 heteroatoms. The number of methoxy groups -OCH3 is 1. The quantitative estimate of drug-likeness (QED) is 0.240. The summed E-state index contributed by atoms with van der Waals surface area (Å²) in [5.74, 6) is 0.0443. The molecule has 3 aromatic carbocycles. The Balaban J connectivity index is 1.20. The van der Waals surface area contributed by atoms with Gasteiger partial charge in [0.15, 0.2) is 0 Å². The largest absolute Gasteiger partial charge is 0.383 e. The van der Waals surface area contributed by atoms with Gasteiger partial charge in [-0.25, -0.2) is 4.39 Å². The average molecular weight is 575 g/mol. The number of amides is 2. The molecule has 7 nitrogen and oxygen atoms in total. The molecule has 0 aliphatic carbocycles. The number of halogens is 1. The first-order valence-electron chi connectivity index (χ1n) is 13.9. The minimum Gasteiger partial charge on any atom is -0.383 e. The molecule has 1 aliphatic heterocycles. The van der Waals surface area contributed by atoms with Crippen LogP contribution in [0.25, 0.3) is 22.0 Å². The van der Waals surface area contributed by atoms with Crippen LogP contribution in [0.5, 0.6) is 0 Å². The first kappa shape index (κ1) is 28.9. The highest BCUT2D eigenvalue weighted by Crippen LogP contribution is 2.27. The Morgan fingerprint density at radius 3 is 2.59 bits per heavy atom. The van der Waals surface area contributed by atoms with Crippen molar-refractivity contribution < 1.29 is 18.7 Å². The summed E-state index contributed by atoms with van der Waals surface area (Å²) in [6.45, 7) is 6.99. The van der Waals surface area contributed by atoms with E-state index in [1.165, 1.54) is 12.1 Å². The molecule has 5 rings (SSSR count). The molecule has 2 heterocycles. The van der Waals surface area contributed by atoms with Gasteiger partial charge in [0.2, 0.25) is 0 Å². The second kappa shape index (κ2) is 12.5. The zero-order chi connectivity index (χ0) is 29.1. The van der Waals surface area contributed by atoms with Crippen LogP contribution in [0.2, 0.25) is 0 Å². The van der Waals surface area contributed by atoms with Crippen molar-refractivity contribution in [2.24, 2.45) is 5.92 Å². The number of likely N-dealkylation sites (tertiary alicyclic amines) is 1. The fourth-order valence-corrected chi connectivity index (χ4v) is 5.97. The van der Waals surface area contributed by atoms with E-state index in [2.05, 4.69) is 14.6 Å². The van der Waals surface area contributed by atoms with E-state index in [4.69, 9.17) is 9.84 Å². The van der Waals surface area contributed by atoms with Crippen LogP contribution in [0.15, 0.2) is 54.7 Å². The van der Waals surface area contributed by atoms with Gasteiger partial charge in [-0.2, -0.15) is 5.10 Å². The van der Waals surface area contributed by atoms with Gasteiger partial charge in [-0.3, -0.25) is 14.3 Å². The first-order chi connectivity index (χ1) is 19.7. The second-order valence-electron chi connectivity index (χ2n) is 10.8. The number of rotatable bonds is 8. The Labute approximate surface area is 242 Å². The third kappa shape index (κ3) is 6.50. The number of fused-ring (bicyclic) bond motifs is 1. The molecule has 214 valence electrons. The van der Waals surface area contributed by atoms with E-state index >= 15 is 0 Å². The normalized spacial score (nSPS) is 14.0. The number of hydrogen-bond donors (Lipinski definition) is 1. The van der Waals surface area contributed by atoms with Crippen LogP contribution in [-0.2, 0) is 11.3 Å². The maximum absolute atomic E-state index is 13.9. The van der Waals surface area contributed by atoms with Crippen molar-refractivity contribution in [2.45, 2.75) is 33.2 Å². The predicted octanol–water partition coefficient (Wildman–Crippen LogP) is 4.89. The molecule has 1 saturated heterocycles. The number of nitrogens with one attached hydrogen (secondary N) is 1. The number of carbonyl (C=O) groups is 2. The van der Waals surface area contributed by atoms with Crippen LogP contribution in [0, 0.1) is 25.6 Å². The van der Waals surface area contributed by atoms with Crippen LogP contribution < -0.4 is 10.6 Å². The molecule has 1 aliphatic rings. The number of ether oxygens (including phenoxy) is 1. The monoisotopic (exact) mass is 574 g/mol. The van der Waals surface area contributed by atoms with Gasteiger partial charge in [-0.15, -0.1) is 9.24 Å². The van der Waals surface area contributed by atoms with Crippen LogP contribution in [0.1, 0.15) is 44.7 Å². The van der Waals surface area contributed by atoms with E-state index in [0.717, 1.165) is 57.8 Å². The number of aromatic nitrogens is 2. The Hall–Kier alpha value is -3.61. The maximum atomic E-state index is 13.9. The van der Waals surface area contributed by atoms with E-state index in [-0.39, 0.29) is 17.6 Å². The summed E-state index contributed by atoms with van der Waals surface area (Å²) in [4.78, 5) is 27.8. The van der Waals surface area contributed by atoms with Crippen molar-refractivity contribution in [1.29, 1.82) is 0 Å². The molecular formula is C32H36FN4O3P. The summed E-state index contributed by atoms with van der Waals surface area (Å²) >= 11 is 0. The van der Waals surface area contributed by atoms with Gasteiger partial charge in [-0.1, -0.05) is 6.07 Å². The molecule has 1 aromatic heterocycles. The molecule has 0 bridgehead atoms. The van der Waals surface area contributed by atoms with Crippen LogP contribution >= 0.6 is 9.24 Å². The number of carbonyl (C=O) groups excluding carboxylic acids is 2. The van der Waals surface area contributed by atoms with Crippen LogP contribution in [0.4, 0.5) is 4.39 Å². The van der Waals surface area contributed by atoms with Crippen LogP contribution in [-0.4, -0.2) is 59.8 Å². The highest BCUT2D eigenvalue weighted by molar-refractivity contribution is 7.27. The summed E-state index contributed by atoms with van der Waals surface area (Å²) < 4.78 is 20.9. The van der Waals surface area contributed by atoms with E-state index in [0.29, 0.717) is 43.3 Å². The fraction of sp³-hybridized carbons (Fsp3) is 0.344. The molecule has 0 radical (unpaired) electrons. The van der Waals surface area contributed by atoms with Crippen molar-refractivity contribution in [3.8, 4) is 11.1 Å². The lowest BCUT2D eigenvalue weighted by atomic mass is 9.95. The average Bonchev–Trinajstić information content (AvgIpc) is 3.36. The number of piperidine rings is 1. The summed E-state index contributed by atoms with van der Waals surface area (Å²) in [5.41, 5.74) is 5.75. The summed E-state index contributed by atoms with van der Waals surface area (Å²) in [7, 11) is 4.14. The molecule has 1 fully saturated rings. The topological polar surface area (TPSA) is 76.5 Å². The lowest BCUT2D eigenvalue weighted by Gasteiger charge is -2.32. The molecule has 1 N–H and O–H groups in total. The van der Waals surface area contributed by atoms with Gasteiger partial charge >= 0.3 is 0 Å². The lowest BCUT2D eigenvalue weighted by Crippen LogP contribution is -2.39. The van der Waals surface area contributed by atoms with Crippen molar-refractivity contribution in [1.82, 2.24) is 20.0 Å². The third-order valence-corrected chi connectivity index (χ3v) is 8.23. The number of aryl methyl sites for hydroxylation is 2. The minimum absolute atomic E-state index is 0.0286. The van der Waals surface area contributed by atoms with Crippen molar-refractivity contribution in [3.63, 3.8) is 0 Å². The molecule has 0 spiro atoms. The second-order valence-corrected chi connectivity index (χ2v) is 11.5. The van der Waals surface area contributed by atoms with Gasteiger partial charge in [0.1, 0.15) is 5.82 Å². The zero-order valence-electron chi connectivity index (χ0n) is 23.7. The Morgan fingerprint density at radius 2 is 1.88 bits per heavy atom. The fourth-order valence-electron chi connectivity index (χ4n) is 5.64. The van der Waals surface area contributed by atoms with E-state index in [9.17, 15) is 14.0 Å². The molecule has 1 unspecified atom stereocenters. The van der Waals surface area contributed by atoms with Gasteiger partial charge in [0, 0.05) is 56.0 Å². The maximum Gasteiger partial charge on any atom is 0.253 e. The number of nitrogens with zero attached hydrogens (tertiary/aromatic N) is 3. The molecular weight excluding hydrogens is 538 g/mol. The molecule has 1 atom stereocenters. The zero-order valence-corrected chi connectivity index (χ0v) is 24.9. The van der Waals surface area contributed by atoms with Crippen molar-refractivity contribution >= 4 is 37.3 Å². The van der Waals surface area contributed by atoms with Gasteiger partial charge in [0.05, 0.1) is 12.1 Å². The summed E-state index contributed by atoms with van der Waals surface area (Å²) in [6, 6.07) is 14.3. The number of hydrogen-bond acceptors (Lipinski definition) is 4. The smallest absolute Gasteiger partial charge is 0.253 e. The van der Waals surface area contributed by atoms with Crippen LogP contribution in [0.3, 0.4) is 0 Å². The predicted molar refractivity (Wildman–Crippen MR) is 163 cm³/mol.